The number of fused-ring (bicyclic) bond motifs is 1. The molecule has 0 unspecified atom stereocenters. The Hall–Kier alpha value is -2.44. The first-order valence-corrected chi connectivity index (χ1v) is 10.9. The third-order valence-electron chi connectivity index (χ3n) is 4.35. The number of carbonyl (C=O) groups is 1. The molecule has 28 heavy (non-hydrogen) atoms. The Bertz CT molecular complexity index is 1080. The third-order valence-corrected chi connectivity index (χ3v) is 6.15. The van der Waals surface area contributed by atoms with Gasteiger partial charge in [0.05, 0.1) is 26.3 Å². The smallest absolute Gasteiger partial charge is 0.266 e. The zero-order valence-corrected chi connectivity index (χ0v) is 17.7. The Balaban J connectivity index is 1.68. The molecule has 4 rings (SSSR count). The Morgan fingerprint density at radius 2 is 1.96 bits per heavy atom. The summed E-state index contributed by atoms with van der Waals surface area (Å²) >= 11 is 3.05. The molecular formula is C22H21N3OS2. The number of amidine groups is 1. The van der Waals surface area contributed by atoms with Gasteiger partial charge in [0.1, 0.15) is 0 Å². The molecule has 1 aromatic heterocycles. The van der Waals surface area contributed by atoms with E-state index in [9.17, 15) is 4.79 Å². The summed E-state index contributed by atoms with van der Waals surface area (Å²) in [6, 6.07) is 14.1. The molecule has 1 aliphatic heterocycles. The van der Waals surface area contributed by atoms with Gasteiger partial charge < -0.3 is 0 Å². The highest BCUT2D eigenvalue weighted by Crippen LogP contribution is 2.35. The van der Waals surface area contributed by atoms with Gasteiger partial charge in [0.2, 0.25) is 0 Å². The number of nitrogens with zero attached hydrogens (tertiary/aromatic N) is 3. The standard InChI is InChI=1S/C22H21N3OS2/c1-14(2)12-25-21(26)20(11-16-6-9-18-19(10-16)27-13-23-18)28-22(25)24-17-7-4-15(3)5-8-17/h4-11,13-14H,12H2,1-3H3/b20-11-,24-22-. The number of aliphatic imine (C=N–C) groups is 1. The number of aromatic nitrogens is 1. The van der Waals surface area contributed by atoms with Gasteiger partial charge in [-0.1, -0.05) is 37.6 Å². The van der Waals surface area contributed by atoms with Gasteiger partial charge in [0.15, 0.2) is 5.17 Å². The van der Waals surface area contributed by atoms with E-state index >= 15 is 0 Å². The van der Waals surface area contributed by atoms with Crippen LogP contribution >= 0.6 is 23.1 Å². The largest absolute Gasteiger partial charge is 0.286 e. The maximum absolute atomic E-state index is 13.1. The van der Waals surface area contributed by atoms with E-state index in [1.165, 1.54) is 17.3 Å². The molecule has 0 spiro atoms. The first-order valence-electron chi connectivity index (χ1n) is 9.19. The van der Waals surface area contributed by atoms with E-state index in [-0.39, 0.29) is 5.91 Å². The summed E-state index contributed by atoms with van der Waals surface area (Å²) in [6.45, 7) is 6.93. The Morgan fingerprint density at radius 1 is 1.18 bits per heavy atom. The molecule has 3 aromatic rings. The molecule has 0 saturated carbocycles. The van der Waals surface area contributed by atoms with E-state index in [0.29, 0.717) is 17.4 Å². The molecule has 0 bridgehead atoms. The summed E-state index contributed by atoms with van der Waals surface area (Å²) in [5.74, 6) is 0.384. The molecule has 0 aliphatic carbocycles. The van der Waals surface area contributed by atoms with Gasteiger partial charge in [0.25, 0.3) is 5.91 Å². The van der Waals surface area contributed by atoms with Gasteiger partial charge in [-0.15, -0.1) is 11.3 Å². The van der Waals surface area contributed by atoms with Gasteiger partial charge in [-0.25, -0.2) is 9.98 Å². The van der Waals surface area contributed by atoms with Crippen LogP contribution in [0.4, 0.5) is 5.69 Å². The third kappa shape index (κ3) is 4.03. The first-order chi connectivity index (χ1) is 13.5. The van der Waals surface area contributed by atoms with Crippen LogP contribution in [0.3, 0.4) is 0 Å². The fourth-order valence-electron chi connectivity index (χ4n) is 2.96. The first kappa shape index (κ1) is 18.9. The zero-order valence-electron chi connectivity index (χ0n) is 16.0. The molecule has 1 aliphatic rings. The van der Waals surface area contributed by atoms with Crippen molar-refractivity contribution >= 4 is 56.2 Å². The van der Waals surface area contributed by atoms with Gasteiger partial charge in [-0.05, 0) is 60.5 Å². The topological polar surface area (TPSA) is 45.6 Å². The van der Waals surface area contributed by atoms with Crippen LogP contribution in [-0.2, 0) is 4.79 Å². The number of benzene rings is 2. The van der Waals surface area contributed by atoms with E-state index < -0.39 is 0 Å². The lowest BCUT2D eigenvalue weighted by Crippen LogP contribution is -2.32. The minimum atomic E-state index is 0.0222. The van der Waals surface area contributed by atoms with E-state index in [1.54, 1.807) is 16.2 Å². The summed E-state index contributed by atoms with van der Waals surface area (Å²) in [7, 11) is 0. The van der Waals surface area contributed by atoms with Gasteiger partial charge in [0, 0.05) is 6.54 Å². The van der Waals surface area contributed by atoms with Crippen molar-refractivity contribution in [2.75, 3.05) is 6.54 Å². The maximum Gasteiger partial charge on any atom is 0.266 e. The van der Waals surface area contributed by atoms with E-state index in [1.807, 2.05) is 48.0 Å². The van der Waals surface area contributed by atoms with Gasteiger partial charge >= 0.3 is 0 Å². The number of amides is 1. The minimum absolute atomic E-state index is 0.0222. The van der Waals surface area contributed by atoms with E-state index in [4.69, 9.17) is 4.99 Å². The van der Waals surface area contributed by atoms with Crippen molar-refractivity contribution in [3.63, 3.8) is 0 Å². The maximum atomic E-state index is 13.1. The molecule has 1 saturated heterocycles. The second-order valence-electron chi connectivity index (χ2n) is 7.23. The Labute approximate surface area is 173 Å². The summed E-state index contributed by atoms with van der Waals surface area (Å²) in [6.07, 6.45) is 1.96. The molecular weight excluding hydrogens is 386 g/mol. The molecule has 1 fully saturated rings. The normalized spacial score (nSPS) is 17.6. The molecule has 0 N–H and O–H groups in total. The quantitative estimate of drug-likeness (QED) is 0.509. The predicted molar refractivity (Wildman–Crippen MR) is 120 cm³/mol. The lowest BCUT2D eigenvalue weighted by Gasteiger charge is -2.17. The molecule has 1 amide bonds. The number of rotatable bonds is 4. The van der Waals surface area contributed by atoms with Crippen LogP contribution < -0.4 is 0 Å². The molecule has 0 atom stereocenters. The molecule has 2 aromatic carbocycles. The van der Waals surface area contributed by atoms with Crippen LogP contribution in [-0.4, -0.2) is 27.5 Å². The minimum Gasteiger partial charge on any atom is -0.286 e. The molecule has 2 heterocycles. The molecule has 4 nitrogen and oxygen atoms in total. The molecule has 6 heteroatoms. The van der Waals surface area contributed by atoms with Crippen molar-refractivity contribution in [2.45, 2.75) is 20.8 Å². The van der Waals surface area contributed by atoms with Crippen LogP contribution in [0, 0.1) is 12.8 Å². The number of hydrogen-bond donors (Lipinski definition) is 0. The summed E-state index contributed by atoms with van der Waals surface area (Å²) in [5.41, 5.74) is 5.89. The van der Waals surface area contributed by atoms with Crippen LogP contribution in [0.25, 0.3) is 16.3 Å². The lowest BCUT2D eigenvalue weighted by molar-refractivity contribution is -0.122. The second kappa shape index (κ2) is 7.89. The SMILES string of the molecule is Cc1ccc(/N=C2\S/C(=C\c3ccc4ncsc4c3)C(=O)N2CC(C)C)cc1. The fraction of sp³-hybridized carbons (Fsp3) is 0.227. The predicted octanol–water partition coefficient (Wildman–Crippen LogP) is 5.86. The average Bonchev–Trinajstić information content (AvgIpc) is 3.23. The number of thioether (sulfide) groups is 1. The van der Waals surface area contributed by atoms with Crippen molar-refractivity contribution in [1.29, 1.82) is 0 Å². The summed E-state index contributed by atoms with van der Waals surface area (Å²) < 4.78 is 1.12. The molecule has 0 radical (unpaired) electrons. The van der Waals surface area contributed by atoms with Crippen molar-refractivity contribution in [1.82, 2.24) is 9.88 Å². The van der Waals surface area contributed by atoms with Crippen molar-refractivity contribution in [2.24, 2.45) is 10.9 Å². The van der Waals surface area contributed by atoms with Crippen LogP contribution in [0.2, 0.25) is 0 Å². The fourth-order valence-corrected chi connectivity index (χ4v) is 4.69. The van der Waals surface area contributed by atoms with Crippen LogP contribution in [0.5, 0.6) is 0 Å². The summed E-state index contributed by atoms with van der Waals surface area (Å²) in [5, 5.41) is 0.743. The number of carbonyl (C=O) groups excluding carboxylic acids is 1. The molecule has 142 valence electrons. The number of thiazole rings is 1. The van der Waals surface area contributed by atoms with Crippen LogP contribution in [0.1, 0.15) is 25.0 Å². The summed E-state index contributed by atoms with van der Waals surface area (Å²) in [4.78, 5) is 24.6. The van der Waals surface area contributed by atoms with Crippen molar-refractivity contribution in [3.05, 3.63) is 64.0 Å². The van der Waals surface area contributed by atoms with Gasteiger partial charge in [-0.3, -0.25) is 9.69 Å². The number of hydrogen-bond acceptors (Lipinski definition) is 5. The highest BCUT2D eigenvalue weighted by molar-refractivity contribution is 8.18. The average molecular weight is 408 g/mol. The number of aryl methyl sites for hydroxylation is 1. The van der Waals surface area contributed by atoms with Gasteiger partial charge in [-0.2, -0.15) is 0 Å². The van der Waals surface area contributed by atoms with Crippen LogP contribution in [0.15, 0.2) is 57.9 Å². The van der Waals surface area contributed by atoms with Crippen molar-refractivity contribution in [3.8, 4) is 0 Å². The monoisotopic (exact) mass is 407 g/mol. The lowest BCUT2D eigenvalue weighted by atomic mass is 10.2. The van der Waals surface area contributed by atoms with E-state index in [0.717, 1.165) is 26.6 Å². The highest BCUT2D eigenvalue weighted by atomic mass is 32.2. The second-order valence-corrected chi connectivity index (χ2v) is 9.13. The highest BCUT2D eigenvalue weighted by Gasteiger charge is 2.33. The zero-order chi connectivity index (χ0) is 19.7. The Kier molecular flexibility index (Phi) is 5.33. The Morgan fingerprint density at radius 3 is 2.71 bits per heavy atom. The van der Waals surface area contributed by atoms with E-state index in [2.05, 4.69) is 31.8 Å². The van der Waals surface area contributed by atoms with Crippen molar-refractivity contribution < 1.29 is 4.79 Å².